The molecular formula is C21H24N2O5. The van der Waals surface area contributed by atoms with Gasteiger partial charge in [0.2, 0.25) is 0 Å². The van der Waals surface area contributed by atoms with Gasteiger partial charge in [0.15, 0.2) is 12.7 Å². The Morgan fingerprint density at radius 1 is 0.929 bits per heavy atom. The molecule has 0 aliphatic heterocycles. The number of benzene rings is 2. The van der Waals surface area contributed by atoms with Gasteiger partial charge in [-0.2, -0.15) is 0 Å². The Morgan fingerprint density at radius 3 is 2.25 bits per heavy atom. The molecule has 2 rings (SSSR count). The SMILES string of the molecule is CC(C)NC(=O)NC(=O)C(C)OC(=O)COc1ccccc1-c1ccccc1. The van der Waals surface area contributed by atoms with Gasteiger partial charge in [-0.25, -0.2) is 9.59 Å². The number of para-hydroxylation sites is 1. The summed E-state index contributed by atoms with van der Waals surface area (Å²) >= 11 is 0. The van der Waals surface area contributed by atoms with Crippen molar-refractivity contribution >= 4 is 17.9 Å². The molecule has 0 aliphatic carbocycles. The van der Waals surface area contributed by atoms with Crippen LogP contribution in [0.25, 0.3) is 11.1 Å². The van der Waals surface area contributed by atoms with Crippen LogP contribution in [0.15, 0.2) is 54.6 Å². The lowest BCUT2D eigenvalue weighted by molar-refractivity contribution is -0.156. The van der Waals surface area contributed by atoms with E-state index in [1.165, 1.54) is 6.92 Å². The molecule has 0 fully saturated rings. The van der Waals surface area contributed by atoms with Crippen molar-refractivity contribution < 1.29 is 23.9 Å². The van der Waals surface area contributed by atoms with Crippen LogP contribution in [0.5, 0.6) is 5.75 Å². The molecule has 2 aromatic rings. The van der Waals surface area contributed by atoms with Crippen LogP contribution in [0.1, 0.15) is 20.8 Å². The number of urea groups is 1. The molecule has 28 heavy (non-hydrogen) atoms. The molecule has 2 aromatic carbocycles. The van der Waals surface area contributed by atoms with Gasteiger partial charge in [0.25, 0.3) is 5.91 Å². The molecular weight excluding hydrogens is 360 g/mol. The second kappa shape index (κ2) is 10.1. The number of carbonyl (C=O) groups is 3. The fraction of sp³-hybridized carbons (Fsp3) is 0.286. The zero-order chi connectivity index (χ0) is 20.5. The lowest BCUT2D eigenvalue weighted by atomic mass is 10.1. The maximum atomic E-state index is 12.0. The minimum absolute atomic E-state index is 0.122. The molecule has 0 heterocycles. The minimum Gasteiger partial charge on any atom is -0.481 e. The Balaban J connectivity index is 1.89. The van der Waals surface area contributed by atoms with Crippen molar-refractivity contribution in [3.8, 4) is 16.9 Å². The van der Waals surface area contributed by atoms with E-state index in [2.05, 4.69) is 10.6 Å². The largest absolute Gasteiger partial charge is 0.481 e. The average Bonchev–Trinajstić information content (AvgIpc) is 2.66. The lowest BCUT2D eigenvalue weighted by Gasteiger charge is -2.15. The van der Waals surface area contributed by atoms with Crippen LogP contribution in [0.3, 0.4) is 0 Å². The number of hydrogen-bond donors (Lipinski definition) is 2. The number of ether oxygens (including phenoxy) is 2. The van der Waals surface area contributed by atoms with Gasteiger partial charge in [0.05, 0.1) is 0 Å². The zero-order valence-electron chi connectivity index (χ0n) is 16.1. The first kappa shape index (κ1) is 21.0. The summed E-state index contributed by atoms with van der Waals surface area (Å²) in [5.41, 5.74) is 1.79. The number of hydrogen-bond acceptors (Lipinski definition) is 5. The molecule has 3 amide bonds. The van der Waals surface area contributed by atoms with Crippen molar-refractivity contribution in [2.75, 3.05) is 6.61 Å². The summed E-state index contributed by atoms with van der Waals surface area (Å²) < 4.78 is 10.6. The highest BCUT2D eigenvalue weighted by atomic mass is 16.6. The Labute approximate surface area is 164 Å². The first-order valence-electron chi connectivity index (χ1n) is 8.95. The van der Waals surface area contributed by atoms with Gasteiger partial charge < -0.3 is 14.8 Å². The fourth-order valence-corrected chi connectivity index (χ4v) is 2.38. The molecule has 7 nitrogen and oxygen atoms in total. The van der Waals surface area contributed by atoms with Crippen LogP contribution < -0.4 is 15.4 Å². The number of amides is 3. The molecule has 2 N–H and O–H groups in total. The summed E-state index contributed by atoms with van der Waals surface area (Å²) in [6.45, 7) is 4.55. The summed E-state index contributed by atoms with van der Waals surface area (Å²) in [4.78, 5) is 35.4. The average molecular weight is 384 g/mol. The number of carbonyl (C=O) groups excluding carboxylic acids is 3. The van der Waals surface area contributed by atoms with Gasteiger partial charge in [-0.1, -0.05) is 48.5 Å². The van der Waals surface area contributed by atoms with E-state index in [0.29, 0.717) is 5.75 Å². The third kappa shape index (κ3) is 6.42. The predicted octanol–water partition coefficient (Wildman–Crippen LogP) is 2.90. The van der Waals surface area contributed by atoms with E-state index in [-0.39, 0.29) is 12.6 Å². The van der Waals surface area contributed by atoms with Gasteiger partial charge in [0, 0.05) is 11.6 Å². The molecule has 1 unspecified atom stereocenters. The van der Waals surface area contributed by atoms with E-state index in [0.717, 1.165) is 11.1 Å². The van der Waals surface area contributed by atoms with E-state index in [9.17, 15) is 14.4 Å². The number of imide groups is 1. The van der Waals surface area contributed by atoms with Gasteiger partial charge in [-0.05, 0) is 32.4 Å². The van der Waals surface area contributed by atoms with Crippen LogP contribution in [0.4, 0.5) is 4.79 Å². The quantitative estimate of drug-likeness (QED) is 0.716. The van der Waals surface area contributed by atoms with Gasteiger partial charge in [-0.3, -0.25) is 10.1 Å². The Morgan fingerprint density at radius 2 is 1.57 bits per heavy atom. The summed E-state index contributed by atoms with van der Waals surface area (Å²) in [5.74, 6) is -0.898. The molecule has 148 valence electrons. The molecule has 1 atom stereocenters. The normalized spacial score (nSPS) is 11.4. The predicted molar refractivity (Wildman–Crippen MR) is 105 cm³/mol. The van der Waals surface area contributed by atoms with Crippen molar-refractivity contribution in [1.29, 1.82) is 0 Å². The first-order valence-corrected chi connectivity index (χ1v) is 8.95. The van der Waals surface area contributed by atoms with Crippen LogP contribution in [0.2, 0.25) is 0 Å². The van der Waals surface area contributed by atoms with Crippen molar-refractivity contribution in [2.45, 2.75) is 32.9 Å². The van der Waals surface area contributed by atoms with Gasteiger partial charge in [-0.15, -0.1) is 0 Å². The van der Waals surface area contributed by atoms with Crippen molar-refractivity contribution in [3.63, 3.8) is 0 Å². The fourth-order valence-electron chi connectivity index (χ4n) is 2.38. The van der Waals surface area contributed by atoms with Crippen molar-refractivity contribution in [2.24, 2.45) is 0 Å². The second-order valence-corrected chi connectivity index (χ2v) is 6.40. The minimum atomic E-state index is -1.13. The standard InChI is InChI=1S/C21H24N2O5/c1-14(2)22-21(26)23-20(25)15(3)28-19(24)13-27-18-12-8-7-11-17(18)16-9-5-4-6-10-16/h4-12,14-15H,13H2,1-3H3,(H2,22,23,25,26). The molecule has 0 radical (unpaired) electrons. The van der Waals surface area contributed by atoms with E-state index < -0.39 is 24.0 Å². The molecule has 0 saturated heterocycles. The maximum absolute atomic E-state index is 12.0. The highest BCUT2D eigenvalue weighted by Gasteiger charge is 2.20. The summed E-state index contributed by atoms with van der Waals surface area (Å²) in [5, 5.41) is 4.63. The molecule has 0 saturated carbocycles. The smallest absolute Gasteiger partial charge is 0.344 e. The number of nitrogens with one attached hydrogen (secondary N) is 2. The number of esters is 1. The Kier molecular flexibility index (Phi) is 7.56. The number of rotatable bonds is 7. The van der Waals surface area contributed by atoms with E-state index in [1.807, 2.05) is 42.5 Å². The van der Waals surface area contributed by atoms with E-state index >= 15 is 0 Å². The van der Waals surface area contributed by atoms with E-state index in [4.69, 9.17) is 9.47 Å². The van der Waals surface area contributed by atoms with Crippen LogP contribution in [-0.4, -0.2) is 36.7 Å². The summed E-state index contributed by atoms with van der Waals surface area (Å²) in [6, 6.07) is 16.2. The lowest BCUT2D eigenvalue weighted by Crippen LogP contribution is -2.46. The summed E-state index contributed by atoms with van der Waals surface area (Å²) in [6.07, 6.45) is -1.13. The van der Waals surface area contributed by atoms with Crippen molar-refractivity contribution in [3.05, 3.63) is 54.6 Å². The van der Waals surface area contributed by atoms with Crippen LogP contribution in [0, 0.1) is 0 Å². The first-order chi connectivity index (χ1) is 13.4. The second-order valence-electron chi connectivity index (χ2n) is 6.40. The molecule has 0 aromatic heterocycles. The topological polar surface area (TPSA) is 93.7 Å². The molecule has 0 spiro atoms. The van der Waals surface area contributed by atoms with Gasteiger partial charge >= 0.3 is 12.0 Å². The molecule has 0 bridgehead atoms. The summed E-state index contributed by atoms with van der Waals surface area (Å²) in [7, 11) is 0. The Bertz CT molecular complexity index is 821. The highest BCUT2D eigenvalue weighted by Crippen LogP contribution is 2.29. The monoisotopic (exact) mass is 384 g/mol. The van der Waals surface area contributed by atoms with Gasteiger partial charge in [0.1, 0.15) is 5.75 Å². The molecule has 7 heteroatoms. The maximum Gasteiger partial charge on any atom is 0.344 e. The zero-order valence-corrected chi connectivity index (χ0v) is 16.1. The highest BCUT2D eigenvalue weighted by molar-refractivity contribution is 5.97. The third-order valence-electron chi connectivity index (χ3n) is 3.65. The molecule has 0 aliphatic rings. The Hall–Kier alpha value is -3.35. The third-order valence-corrected chi connectivity index (χ3v) is 3.65. The van der Waals surface area contributed by atoms with Crippen molar-refractivity contribution in [1.82, 2.24) is 10.6 Å². The van der Waals surface area contributed by atoms with E-state index in [1.54, 1.807) is 26.0 Å². The van der Waals surface area contributed by atoms with Crippen LogP contribution >= 0.6 is 0 Å². The van der Waals surface area contributed by atoms with Crippen LogP contribution in [-0.2, 0) is 14.3 Å².